The van der Waals surface area contributed by atoms with E-state index in [1.54, 1.807) is 36.5 Å². The Morgan fingerprint density at radius 3 is 2.27 bits per heavy atom. The second-order valence-corrected chi connectivity index (χ2v) is 12.6. The fourth-order valence-electron chi connectivity index (χ4n) is 6.03. The Morgan fingerprint density at radius 2 is 1.56 bits per heavy atom. The monoisotopic (exact) mass is 572 g/mol. The van der Waals surface area contributed by atoms with Crippen LogP contribution in [0.4, 0.5) is 17.1 Å². The molecule has 0 radical (unpaired) electrons. The number of hydrogen-bond donors (Lipinski definition) is 1. The number of sulfonamides is 1. The van der Waals surface area contributed by atoms with Gasteiger partial charge in [-0.3, -0.25) is 14.5 Å². The van der Waals surface area contributed by atoms with E-state index in [1.165, 1.54) is 18.5 Å². The van der Waals surface area contributed by atoms with Crippen molar-refractivity contribution >= 4 is 39.2 Å². The zero-order valence-corrected chi connectivity index (χ0v) is 24.7. The minimum Gasteiger partial charge on any atom is -0.370 e. The molecular weight excluding hydrogens is 532 g/mol. The summed E-state index contributed by atoms with van der Waals surface area (Å²) in [5.74, 6) is 0.278. The molecular formula is C33H40N4O3S. The predicted molar refractivity (Wildman–Crippen MR) is 167 cm³/mol. The number of para-hydroxylation sites is 2. The average molecular weight is 573 g/mol. The van der Waals surface area contributed by atoms with Crippen LogP contribution in [0.15, 0.2) is 82.7 Å². The van der Waals surface area contributed by atoms with Gasteiger partial charge in [0.2, 0.25) is 0 Å². The molecule has 3 aromatic carbocycles. The maximum atomic E-state index is 13.6. The van der Waals surface area contributed by atoms with E-state index in [0.29, 0.717) is 35.9 Å². The van der Waals surface area contributed by atoms with E-state index in [2.05, 4.69) is 26.7 Å². The molecule has 0 atom stereocenters. The Morgan fingerprint density at radius 1 is 0.829 bits per heavy atom. The van der Waals surface area contributed by atoms with Gasteiger partial charge in [-0.1, -0.05) is 56.0 Å². The van der Waals surface area contributed by atoms with Gasteiger partial charge in [0.15, 0.2) is 0 Å². The second-order valence-electron chi connectivity index (χ2n) is 10.9. The summed E-state index contributed by atoms with van der Waals surface area (Å²) in [4.78, 5) is 22.2. The molecule has 0 aromatic heterocycles. The van der Waals surface area contributed by atoms with Crippen molar-refractivity contribution in [2.75, 3.05) is 35.8 Å². The first-order chi connectivity index (χ1) is 20.0. The normalized spacial score (nSPS) is 17.3. The Balaban J connectivity index is 1.29. The van der Waals surface area contributed by atoms with Crippen LogP contribution in [0.5, 0.6) is 0 Å². The van der Waals surface area contributed by atoms with E-state index in [0.717, 1.165) is 50.8 Å². The Bertz CT molecular complexity index is 1450. The van der Waals surface area contributed by atoms with E-state index in [9.17, 15) is 13.2 Å². The van der Waals surface area contributed by atoms with Gasteiger partial charge in [0.05, 0.1) is 5.69 Å². The first-order valence-electron chi connectivity index (χ1n) is 14.8. The van der Waals surface area contributed by atoms with Crippen molar-refractivity contribution in [1.29, 1.82) is 0 Å². The van der Waals surface area contributed by atoms with Crippen molar-refractivity contribution in [2.24, 2.45) is 4.99 Å². The molecule has 1 heterocycles. The number of carbonyl (C=O) groups excluding carboxylic acids is 1. The van der Waals surface area contributed by atoms with Crippen molar-refractivity contribution in [2.45, 2.75) is 62.7 Å². The predicted octanol–water partition coefficient (Wildman–Crippen LogP) is 7.00. The topological polar surface area (TPSA) is 82.1 Å². The molecule has 3 aromatic rings. The number of carbonyl (C=O) groups is 1. The van der Waals surface area contributed by atoms with Crippen LogP contribution in [0.2, 0.25) is 0 Å². The molecule has 8 heteroatoms. The molecule has 1 saturated heterocycles. The number of anilines is 2. The van der Waals surface area contributed by atoms with Crippen molar-refractivity contribution in [3.05, 3.63) is 83.9 Å². The van der Waals surface area contributed by atoms with E-state index >= 15 is 0 Å². The largest absolute Gasteiger partial charge is 0.370 e. The van der Waals surface area contributed by atoms with Crippen LogP contribution in [-0.4, -0.2) is 51.6 Å². The molecule has 1 amide bonds. The third-order valence-corrected chi connectivity index (χ3v) is 9.57. The number of benzene rings is 3. The lowest BCUT2D eigenvalue weighted by Crippen LogP contribution is -2.35. The fraction of sp³-hybridized carbons (Fsp3) is 0.394. The molecule has 2 aliphatic rings. The molecule has 2 fully saturated rings. The van der Waals surface area contributed by atoms with Gasteiger partial charge in [0.25, 0.3) is 15.9 Å². The third kappa shape index (κ3) is 6.99. The number of hydrogen-bond acceptors (Lipinski definition) is 5. The Hall–Kier alpha value is -3.65. The summed E-state index contributed by atoms with van der Waals surface area (Å²) in [5, 5.41) is 0. The van der Waals surface area contributed by atoms with Crippen molar-refractivity contribution < 1.29 is 13.2 Å². The number of amides is 1. The third-order valence-electron chi connectivity index (χ3n) is 8.16. The van der Waals surface area contributed by atoms with Crippen LogP contribution in [0, 0.1) is 0 Å². The van der Waals surface area contributed by atoms with Gasteiger partial charge in [-0.2, -0.15) is 0 Å². The highest BCUT2D eigenvalue weighted by molar-refractivity contribution is 7.92. The lowest BCUT2D eigenvalue weighted by Gasteiger charge is -2.23. The first kappa shape index (κ1) is 28.9. The van der Waals surface area contributed by atoms with Gasteiger partial charge < -0.3 is 9.80 Å². The molecule has 0 unspecified atom stereocenters. The lowest BCUT2D eigenvalue weighted by molar-refractivity contribution is 0.0767. The molecule has 1 N–H and O–H groups in total. The molecule has 216 valence electrons. The van der Waals surface area contributed by atoms with E-state index in [4.69, 9.17) is 0 Å². The van der Waals surface area contributed by atoms with Crippen LogP contribution >= 0.6 is 0 Å². The van der Waals surface area contributed by atoms with E-state index in [-0.39, 0.29) is 10.8 Å². The summed E-state index contributed by atoms with van der Waals surface area (Å²) in [6, 6.07) is 22.5. The molecule has 0 spiro atoms. The number of rotatable bonds is 7. The Labute approximate surface area is 244 Å². The zero-order valence-electron chi connectivity index (χ0n) is 23.8. The lowest BCUT2D eigenvalue weighted by atomic mass is 9.90. The van der Waals surface area contributed by atoms with Crippen molar-refractivity contribution in [3.63, 3.8) is 0 Å². The van der Waals surface area contributed by atoms with Crippen LogP contribution in [-0.2, 0) is 10.0 Å². The number of nitrogens with one attached hydrogen (secondary N) is 1. The Kier molecular flexibility index (Phi) is 9.39. The highest BCUT2D eigenvalue weighted by atomic mass is 32.2. The van der Waals surface area contributed by atoms with Gasteiger partial charge in [-0.15, -0.1) is 0 Å². The summed E-state index contributed by atoms with van der Waals surface area (Å²) in [5.41, 5.74) is 3.68. The average Bonchev–Trinajstić information content (AvgIpc) is 3.42. The van der Waals surface area contributed by atoms with Gasteiger partial charge in [-0.05, 0) is 80.1 Å². The molecule has 7 nitrogen and oxygen atoms in total. The van der Waals surface area contributed by atoms with Gasteiger partial charge >= 0.3 is 0 Å². The SMILES string of the molecule is C/C=N\c1c(C2CCCCCC2)cccc1S(=O)(=O)Nc1ccc(C(=O)N2CCCN(c3ccccc3)CC2)cc1. The van der Waals surface area contributed by atoms with Crippen LogP contribution < -0.4 is 9.62 Å². The molecule has 1 aliphatic carbocycles. The van der Waals surface area contributed by atoms with Crippen molar-refractivity contribution in [1.82, 2.24) is 4.90 Å². The van der Waals surface area contributed by atoms with Crippen LogP contribution in [0.1, 0.15) is 73.7 Å². The van der Waals surface area contributed by atoms with Gasteiger partial charge in [0.1, 0.15) is 4.90 Å². The van der Waals surface area contributed by atoms with Crippen LogP contribution in [0.3, 0.4) is 0 Å². The molecule has 0 bridgehead atoms. The highest BCUT2D eigenvalue weighted by Gasteiger charge is 2.25. The summed E-state index contributed by atoms with van der Waals surface area (Å²) < 4.78 is 29.9. The summed E-state index contributed by atoms with van der Waals surface area (Å²) >= 11 is 0. The molecule has 41 heavy (non-hydrogen) atoms. The number of nitrogens with zero attached hydrogens (tertiary/aromatic N) is 3. The highest BCUT2D eigenvalue weighted by Crippen LogP contribution is 2.40. The molecule has 1 aliphatic heterocycles. The van der Waals surface area contributed by atoms with E-state index < -0.39 is 10.0 Å². The molecule has 1 saturated carbocycles. The maximum Gasteiger partial charge on any atom is 0.264 e. The number of aliphatic imine (C=N–C) groups is 1. The van der Waals surface area contributed by atoms with E-state index in [1.807, 2.05) is 42.2 Å². The quantitative estimate of drug-likeness (QED) is 0.244. The van der Waals surface area contributed by atoms with Crippen molar-refractivity contribution in [3.8, 4) is 0 Å². The standard InChI is InChI=1S/C33H40N4O3S/c1-2-34-32-30(26-12-6-3-4-7-13-26)16-10-17-31(32)41(39,40)35-28-20-18-27(19-21-28)33(38)37-23-11-22-36(24-25-37)29-14-8-5-9-15-29/h2,5,8-10,14-21,26,35H,3-4,6-7,11-13,22-25H2,1H3/b34-2-. The van der Waals surface area contributed by atoms with Gasteiger partial charge in [0, 0.05) is 49.3 Å². The smallest absolute Gasteiger partial charge is 0.264 e. The maximum absolute atomic E-state index is 13.6. The minimum absolute atomic E-state index is 0.0370. The minimum atomic E-state index is -3.89. The second kappa shape index (κ2) is 13.3. The first-order valence-corrected chi connectivity index (χ1v) is 16.3. The molecule has 5 rings (SSSR count). The van der Waals surface area contributed by atoms with Gasteiger partial charge in [-0.25, -0.2) is 8.42 Å². The van der Waals surface area contributed by atoms with Crippen LogP contribution in [0.25, 0.3) is 0 Å². The summed E-state index contributed by atoms with van der Waals surface area (Å²) in [7, 11) is -3.89. The summed E-state index contributed by atoms with van der Waals surface area (Å²) in [6.07, 6.45) is 9.43. The fourth-order valence-corrected chi connectivity index (χ4v) is 7.27. The summed E-state index contributed by atoms with van der Waals surface area (Å²) in [6.45, 7) is 4.82. The zero-order chi connectivity index (χ0) is 28.7.